The molecular weight excluding hydrogens is 409 g/mol. The lowest BCUT2D eigenvalue weighted by Gasteiger charge is -2.34. The monoisotopic (exact) mass is 437 g/mol. The molecule has 32 heavy (non-hydrogen) atoms. The normalized spacial score (nSPS) is 16.5. The van der Waals surface area contributed by atoms with Gasteiger partial charge in [0.05, 0.1) is 11.1 Å². The number of halogens is 1. The van der Waals surface area contributed by atoms with Crippen molar-refractivity contribution < 1.29 is 18.8 Å². The van der Waals surface area contributed by atoms with Crippen LogP contribution in [0.3, 0.4) is 0 Å². The van der Waals surface area contributed by atoms with Crippen molar-refractivity contribution in [1.29, 1.82) is 0 Å². The zero-order valence-electron chi connectivity index (χ0n) is 18.1. The zero-order chi connectivity index (χ0) is 22.5. The number of nitrogens with zero attached hydrogens (tertiary/aromatic N) is 3. The maximum atomic E-state index is 13.0. The number of carbonyl (C=O) groups is 3. The summed E-state index contributed by atoms with van der Waals surface area (Å²) in [6.07, 6.45) is 2.73. The van der Waals surface area contributed by atoms with E-state index in [1.54, 1.807) is 36.4 Å². The van der Waals surface area contributed by atoms with Gasteiger partial charge in [-0.25, -0.2) is 4.39 Å². The van der Waals surface area contributed by atoms with Crippen molar-refractivity contribution in [3.05, 3.63) is 71.0 Å². The first-order valence-electron chi connectivity index (χ1n) is 11.2. The molecule has 6 nitrogen and oxygen atoms in total. The number of benzene rings is 2. The molecule has 0 aliphatic carbocycles. The van der Waals surface area contributed by atoms with Crippen LogP contribution in [0.25, 0.3) is 0 Å². The molecule has 4 rings (SSSR count). The van der Waals surface area contributed by atoms with Crippen LogP contribution in [-0.4, -0.2) is 65.1 Å². The van der Waals surface area contributed by atoms with Gasteiger partial charge in [-0.3, -0.25) is 24.2 Å². The van der Waals surface area contributed by atoms with E-state index in [1.807, 2.05) is 4.90 Å². The molecule has 3 amide bonds. The van der Waals surface area contributed by atoms with Crippen molar-refractivity contribution >= 4 is 17.7 Å². The first-order valence-corrected chi connectivity index (χ1v) is 11.2. The first kappa shape index (κ1) is 22.1. The van der Waals surface area contributed by atoms with E-state index < -0.39 is 0 Å². The summed E-state index contributed by atoms with van der Waals surface area (Å²) >= 11 is 0. The highest BCUT2D eigenvalue weighted by molar-refractivity contribution is 6.21. The Balaban J connectivity index is 1.12. The topological polar surface area (TPSA) is 60.9 Å². The molecule has 0 N–H and O–H groups in total. The third kappa shape index (κ3) is 5.05. The van der Waals surface area contributed by atoms with Gasteiger partial charge in [0.25, 0.3) is 11.8 Å². The number of imide groups is 1. The van der Waals surface area contributed by atoms with Gasteiger partial charge < -0.3 is 4.90 Å². The summed E-state index contributed by atoms with van der Waals surface area (Å²) in [5, 5.41) is 0. The standard InChI is InChI=1S/C25H28FN3O3/c26-20-11-9-19(10-12-20)18-27-14-16-28(17-15-27)23(30)8-2-1-5-13-29-24(31)21-6-3-4-7-22(21)25(29)32/h3-4,6-7,9-12H,1-2,5,8,13-18H2. The highest BCUT2D eigenvalue weighted by Gasteiger charge is 2.34. The number of piperazine rings is 1. The van der Waals surface area contributed by atoms with Crippen LogP contribution in [0.2, 0.25) is 0 Å². The van der Waals surface area contributed by atoms with Gasteiger partial charge in [0.15, 0.2) is 0 Å². The number of fused-ring (bicyclic) bond motifs is 1. The number of amides is 3. The predicted octanol–water partition coefficient (Wildman–Crippen LogP) is 3.33. The maximum absolute atomic E-state index is 13.0. The Bertz CT molecular complexity index is 949. The van der Waals surface area contributed by atoms with E-state index in [0.717, 1.165) is 38.0 Å². The van der Waals surface area contributed by atoms with Crippen molar-refractivity contribution in [3.63, 3.8) is 0 Å². The maximum Gasteiger partial charge on any atom is 0.261 e. The lowest BCUT2D eigenvalue weighted by atomic mass is 10.1. The van der Waals surface area contributed by atoms with Crippen LogP contribution in [0.4, 0.5) is 4.39 Å². The Morgan fingerprint density at radius 2 is 1.44 bits per heavy atom. The van der Waals surface area contributed by atoms with Gasteiger partial charge in [0.2, 0.25) is 5.91 Å². The molecular formula is C25H28FN3O3. The molecule has 0 radical (unpaired) electrons. The van der Waals surface area contributed by atoms with E-state index >= 15 is 0 Å². The van der Waals surface area contributed by atoms with Crippen LogP contribution in [0, 0.1) is 5.82 Å². The first-order chi connectivity index (χ1) is 15.5. The van der Waals surface area contributed by atoms with Crippen molar-refractivity contribution in [1.82, 2.24) is 14.7 Å². The fourth-order valence-corrected chi connectivity index (χ4v) is 4.33. The van der Waals surface area contributed by atoms with Gasteiger partial charge in [-0.15, -0.1) is 0 Å². The van der Waals surface area contributed by atoms with Crippen LogP contribution in [0.15, 0.2) is 48.5 Å². The van der Waals surface area contributed by atoms with Crippen molar-refractivity contribution in [2.45, 2.75) is 32.2 Å². The summed E-state index contributed by atoms with van der Waals surface area (Å²) in [6, 6.07) is 13.5. The third-order valence-electron chi connectivity index (χ3n) is 6.19. The average Bonchev–Trinajstić information content (AvgIpc) is 3.05. The molecule has 0 unspecified atom stereocenters. The number of carbonyl (C=O) groups excluding carboxylic acids is 3. The Kier molecular flexibility index (Phi) is 6.95. The second kappa shape index (κ2) is 10.0. The largest absolute Gasteiger partial charge is 0.340 e. The molecule has 0 bridgehead atoms. The number of unbranched alkanes of at least 4 members (excludes halogenated alkanes) is 2. The molecule has 0 saturated carbocycles. The van der Waals surface area contributed by atoms with Gasteiger partial charge in [-0.2, -0.15) is 0 Å². The minimum Gasteiger partial charge on any atom is -0.340 e. The van der Waals surface area contributed by atoms with Gasteiger partial charge >= 0.3 is 0 Å². The summed E-state index contributed by atoms with van der Waals surface area (Å²) in [6.45, 7) is 4.18. The minimum atomic E-state index is -0.229. The summed E-state index contributed by atoms with van der Waals surface area (Å²) in [7, 11) is 0. The number of hydrogen-bond acceptors (Lipinski definition) is 4. The van der Waals surface area contributed by atoms with E-state index in [1.165, 1.54) is 17.0 Å². The molecule has 7 heteroatoms. The van der Waals surface area contributed by atoms with Gasteiger partial charge in [-0.1, -0.05) is 30.7 Å². The second-order valence-electron chi connectivity index (χ2n) is 8.40. The van der Waals surface area contributed by atoms with Crippen LogP contribution in [0.5, 0.6) is 0 Å². The van der Waals surface area contributed by atoms with Crippen LogP contribution in [0.1, 0.15) is 52.0 Å². The molecule has 0 spiro atoms. The van der Waals surface area contributed by atoms with Crippen LogP contribution >= 0.6 is 0 Å². The molecule has 2 aromatic rings. The van der Waals surface area contributed by atoms with E-state index in [9.17, 15) is 18.8 Å². The molecule has 168 valence electrons. The van der Waals surface area contributed by atoms with Gasteiger partial charge in [0.1, 0.15) is 5.82 Å². The average molecular weight is 438 g/mol. The molecule has 0 atom stereocenters. The van der Waals surface area contributed by atoms with Gasteiger partial charge in [-0.05, 0) is 42.7 Å². The smallest absolute Gasteiger partial charge is 0.261 e. The molecule has 2 aromatic carbocycles. The lowest BCUT2D eigenvalue weighted by molar-refractivity contribution is -0.133. The molecule has 2 heterocycles. The van der Waals surface area contributed by atoms with Crippen LogP contribution in [-0.2, 0) is 11.3 Å². The molecule has 2 aliphatic rings. The van der Waals surface area contributed by atoms with E-state index in [-0.39, 0.29) is 23.5 Å². The fraction of sp³-hybridized carbons (Fsp3) is 0.400. The molecule has 2 aliphatic heterocycles. The van der Waals surface area contributed by atoms with Crippen molar-refractivity contribution in [2.24, 2.45) is 0 Å². The number of hydrogen-bond donors (Lipinski definition) is 0. The third-order valence-corrected chi connectivity index (χ3v) is 6.19. The Morgan fingerprint density at radius 3 is 2.06 bits per heavy atom. The predicted molar refractivity (Wildman–Crippen MR) is 119 cm³/mol. The highest BCUT2D eigenvalue weighted by Crippen LogP contribution is 2.23. The second-order valence-corrected chi connectivity index (χ2v) is 8.40. The van der Waals surface area contributed by atoms with E-state index in [4.69, 9.17) is 0 Å². The summed E-state index contributed by atoms with van der Waals surface area (Å²) < 4.78 is 13.0. The Hall–Kier alpha value is -3.06. The number of rotatable bonds is 8. The van der Waals surface area contributed by atoms with Crippen molar-refractivity contribution in [2.75, 3.05) is 32.7 Å². The highest BCUT2D eigenvalue weighted by atomic mass is 19.1. The van der Waals surface area contributed by atoms with E-state index in [0.29, 0.717) is 43.6 Å². The minimum absolute atomic E-state index is 0.159. The SMILES string of the molecule is O=C(CCCCCN1C(=O)c2ccccc2C1=O)N1CCN(Cc2ccc(F)cc2)CC1. The molecule has 1 saturated heterocycles. The lowest BCUT2D eigenvalue weighted by Crippen LogP contribution is -2.48. The van der Waals surface area contributed by atoms with Gasteiger partial charge in [0, 0.05) is 45.7 Å². The Labute approximate surface area is 187 Å². The summed E-state index contributed by atoms with van der Waals surface area (Å²) in [4.78, 5) is 42.7. The zero-order valence-corrected chi connectivity index (χ0v) is 18.1. The van der Waals surface area contributed by atoms with Crippen molar-refractivity contribution in [3.8, 4) is 0 Å². The van der Waals surface area contributed by atoms with E-state index in [2.05, 4.69) is 4.90 Å². The molecule has 1 fully saturated rings. The summed E-state index contributed by atoms with van der Waals surface area (Å²) in [5.41, 5.74) is 2.03. The van der Waals surface area contributed by atoms with Crippen LogP contribution < -0.4 is 0 Å². The fourth-order valence-electron chi connectivity index (χ4n) is 4.33. The Morgan fingerprint density at radius 1 is 0.812 bits per heavy atom. The quantitative estimate of drug-likeness (QED) is 0.470. The molecule has 0 aromatic heterocycles. The summed E-state index contributed by atoms with van der Waals surface area (Å²) in [5.74, 6) is -0.513.